The van der Waals surface area contributed by atoms with Gasteiger partial charge in [0.25, 0.3) is 5.56 Å². The van der Waals surface area contributed by atoms with Gasteiger partial charge in [-0.15, -0.1) is 11.6 Å². The number of hydrogen-bond acceptors (Lipinski definition) is 2. The first kappa shape index (κ1) is 10.6. The molecule has 78 valence electrons. The largest absolute Gasteiger partial charge is 0.309 e. The number of alkyl halides is 1. The molecule has 1 aromatic heterocycles. The third kappa shape index (κ3) is 1.89. The molecule has 0 spiro atoms. The highest BCUT2D eigenvalue weighted by Gasteiger charge is 2.07. The zero-order valence-electron chi connectivity index (χ0n) is 7.35. The molecule has 3 nitrogen and oxygen atoms in total. The molecule has 6 heteroatoms. The average Bonchev–Trinajstić information content (AvgIpc) is 2.21. The fourth-order valence-electron chi connectivity index (χ4n) is 1.25. The lowest BCUT2D eigenvalue weighted by atomic mass is 10.2. The van der Waals surface area contributed by atoms with Crippen LogP contribution >= 0.6 is 27.5 Å². The minimum absolute atomic E-state index is 0.111. The third-order valence-corrected chi connectivity index (χ3v) is 2.78. The summed E-state index contributed by atoms with van der Waals surface area (Å²) in [5, 5.41) is 0.213. The van der Waals surface area contributed by atoms with E-state index in [2.05, 4.69) is 25.9 Å². The molecule has 0 aliphatic carbocycles. The van der Waals surface area contributed by atoms with E-state index in [4.69, 9.17) is 11.6 Å². The summed E-state index contributed by atoms with van der Waals surface area (Å²) in [7, 11) is 0. The highest BCUT2D eigenvalue weighted by atomic mass is 79.9. The Labute approximate surface area is 97.4 Å². The van der Waals surface area contributed by atoms with Gasteiger partial charge < -0.3 is 4.98 Å². The molecule has 0 atom stereocenters. The summed E-state index contributed by atoms with van der Waals surface area (Å²) in [5.74, 6) is -0.0127. The first-order valence-electron chi connectivity index (χ1n) is 4.05. The average molecular weight is 292 g/mol. The maximum absolute atomic E-state index is 13.2. The highest BCUT2D eigenvalue weighted by Crippen LogP contribution is 2.19. The minimum atomic E-state index is -0.492. The Balaban J connectivity index is 2.86. The number of hydrogen-bond donors (Lipinski definition) is 1. The maximum Gasteiger partial charge on any atom is 0.258 e. The lowest BCUT2D eigenvalue weighted by Gasteiger charge is -2.01. The molecule has 1 N–H and O–H groups in total. The number of fused-ring (bicyclic) bond motifs is 1. The minimum Gasteiger partial charge on any atom is -0.309 e. The molecular weight excluding hydrogens is 286 g/mol. The van der Waals surface area contributed by atoms with Crippen molar-refractivity contribution in [2.75, 3.05) is 0 Å². The second-order valence-electron chi connectivity index (χ2n) is 2.93. The molecular formula is C9H5BrClFN2O. The van der Waals surface area contributed by atoms with Crippen molar-refractivity contribution >= 4 is 38.4 Å². The summed E-state index contributed by atoms with van der Waals surface area (Å²) >= 11 is 8.58. The van der Waals surface area contributed by atoms with Gasteiger partial charge in [0.15, 0.2) is 0 Å². The quantitative estimate of drug-likeness (QED) is 0.821. The number of nitrogens with zero attached hydrogens (tertiary/aromatic N) is 1. The monoisotopic (exact) mass is 290 g/mol. The number of halogens is 3. The van der Waals surface area contributed by atoms with Gasteiger partial charge in [0.1, 0.15) is 11.6 Å². The van der Waals surface area contributed by atoms with Gasteiger partial charge in [0, 0.05) is 0 Å². The summed E-state index contributed by atoms with van der Waals surface area (Å²) in [6, 6.07) is 2.60. The van der Waals surface area contributed by atoms with Crippen molar-refractivity contribution in [1.29, 1.82) is 0 Å². The molecule has 1 heterocycles. The van der Waals surface area contributed by atoms with Crippen LogP contribution in [0.1, 0.15) is 5.82 Å². The second kappa shape index (κ2) is 3.90. The Morgan fingerprint density at radius 2 is 2.27 bits per heavy atom. The zero-order valence-corrected chi connectivity index (χ0v) is 9.69. The summed E-state index contributed by atoms with van der Waals surface area (Å²) < 4.78 is 13.4. The van der Waals surface area contributed by atoms with Crippen LogP contribution in [-0.2, 0) is 5.88 Å². The molecule has 2 rings (SSSR count). The van der Waals surface area contributed by atoms with E-state index in [9.17, 15) is 9.18 Å². The smallest absolute Gasteiger partial charge is 0.258 e. The van der Waals surface area contributed by atoms with E-state index in [1.165, 1.54) is 6.07 Å². The predicted octanol–water partition coefficient (Wildman–Crippen LogP) is 2.56. The van der Waals surface area contributed by atoms with Crippen molar-refractivity contribution in [3.8, 4) is 0 Å². The summed E-state index contributed by atoms with van der Waals surface area (Å²) in [5.41, 5.74) is 0.0322. The van der Waals surface area contributed by atoms with Crippen molar-refractivity contribution in [1.82, 2.24) is 9.97 Å². The Kier molecular flexibility index (Phi) is 2.75. The van der Waals surface area contributed by atoms with Gasteiger partial charge in [-0.3, -0.25) is 4.79 Å². The van der Waals surface area contributed by atoms with Gasteiger partial charge in [0.05, 0.1) is 21.3 Å². The van der Waals surface area contributed by atoms with Gasteiger partial charge >= 0.3 is 0 Å². The van der Waals surface area contributed by atoms with E-state index < -0.39 is 5.82 Å². The molecule has 0 saturated carbocycles. The Bertz CT molecular complexity index is 584. The van der Waals surface area contributed by atoms with Crippen LogP contribution in [0, 0.1) is 5.82 Å². The Morgan fingerprint density at radius 3 is 2.93 bits per heavy atom. The van der Waals surface area contributed by atoms with E-state index in [0.29, 0.717) is 11.3 Å². The number of benzene rings is 1. The first-order chi connectivity index (χ1) is 7.11. The molecule has 0 aliphatic rings. The van der Waals surface area contributed by atoms with Crippen molar-refractivity contribution < 1.29 is 4.39 Å². The number of nitrogens with one attached hydrogen (secondary N) is 1. The molecule has 1 aromatic carbocycles. The molecule has 0 saturated heterocycles. The molecule has 0 radical (unpaired) electrons. The van der Waals surface area contributed by atoms with E-state index in [-0.39, 0.29) is 21.3 Å². The highest BCUT2D eigenvalue weighted by molar-refractivity contribution is 9.10. The lowest BCUT2D eigenvalue weighted by molar-refractivity contribution is 0.622. The van der Waals surface area contributed by atoms with Crippen LogP contribution in [0.15, 0.2) is 21.4 Å². The van der Waals surface area contributed by atoms with Crippen LogP contribution in [0.3, 0.4) is 0 Å². The van der Waals surface area contributed by atoms with Crippen LogP contribution in [0.25, 0.3) is 10.9 Å². The lowest BCUT2D eigenvalue weighted by Crippen LogP contribution is -2.11. The van der Waals surface area contributed by atoms with Crippen molar-refractivity contribution in [3.05, 3.63) is 38.6 Å². The van der Waals surface area contributed by atoms with Crippen LogP contribution in [0.5, 0.6) is 0 Å². The number of H-pyrrole nitrogens is 1. The number of aromatic amines is 1. The molecule has 0 amide bonds. The molecule has 0 bridgehead atoms. The summed E-state index contributed by atoms with van der Waals surface area (Å²) in [4.78, 5) is 18.0. The molecule has 0 aliphatic heterocycles. The third-order valence-electron chi connectivity index (χ3n) is 1.92. The van der Waals surface area contributed by atoms with Gasteiger partial charge in [-0.2, -0.15) is 0 Å². The molecule has 2 aromatic rings. The second-order valence-corrected chi connectivity index (χ2v) is 4.05. The van der Waals surface area contributed by atoms with E-state index in [0.717, 1.165) is 6.07 Å². The normalized spacial score (nSPS) is 10.9. The van der Waals surface area contributed by atoms with Crippen molar-refractivity contribution in [2.24, 2.45) is 0 Å². The number of rotatable bonds is 1. The van der Waals surface area contributed by atoms with Crippen LogP contribution in [0.4, 0.5) is 4.39 Å². The maximum atomic E-state index is 13.2. The molecule has 0 fully saturated rings. The molecule has 0 unspecified atom stereocenters. The van der Waals surface area contributed by atoms with E-state index in [1.807, 2.05) is 0 Å². The zero-order chi connectivity index (χ0) is 11.0. The Hall–Kier alpha value is -0.940. The summed E-state index contributed by atoms with van der Waals surface area (Å²) in [6.45, 7) is 0. The number of aromatic nitrogens is 2. The first-order valence-corrected chi connectivity index (χ1v) is 5.38. The van der Waals surface area contributed by atoms with Crippen LogP contribution < -0.4 is 5.56 Å². The standard InChI is InChI=1S/C9H5BrClFN2O/c10-5-2-7-4(1-6(5)12)9(15)14-8(3-11)13-7/h1-2H,3H2,(H,13,14,15). The van der Waals surface area contributed by atoms with Gasteiger partial charge in [-0.1, -0.05) is 0 Å². The van der Waals surface area contributed by atoms with Gasteiger partial charge in [-0.05, 0) is 28.1 Å². The SMILES string of the molecule is O=c1[nH]c(CCl)nc2cc(Br)c(F)cc12. The van der Waals surface area contributed by atoms with Gasteiger partial charge in [-0.25, -0.2) is 9.37 Å². The fourth-order valence-corrected chi connectivity index (χ4v) is 1.70. The van der Waals surface area contributed by atoms with Crippen molar-refractivity contribution in [3.63, 3.8) is 0 Å². The van der Waals surface area contributed by atoms with Crippen molar-refractivity contribution in [2.45, 2.75) is 5.88 Å². The van der Waals surface area contributed by atoms with Crippen LogP contribution in [-0.4, -0.2) is 9.97 Å². The predicted molar refractivity (Wildman–Crippen MR) is 59.6 cm³/mol. The summed E-state index contributed by atoms with van der Waals surface area (Å²) in [6.07, 6.45) is 0. The van der Waals surface area contributed by atoms with E-state index in [1.54, 1.807) is 0 Å². The Morgan fingerprint density at radius 1 is 1.53 bits per heavy atom. The molecule has 15 heavy (non-hydrogen) atoms. The fraction of sp³-hybridized carbons (Fsp3) is 0.111. The van der Waals surface area contributed by atoms with Gasteiger partial charge in [0.2, 0.25) is 0 Å². The van der Waals surface area contributed by atoms with E-state index >= 15 is 0 Å². The topological polar surface area (TPSA) is 45.8 Å². The van der Waals surface area contributed by atoms with Crippen LogP contribution in [0.2, 0.25) is 0 Å².